The van der Waals surface area contributed by atoms with E-state index in [1.54, 1.807) is 6.92 Å². The molecule has 1 aliphatic heterocycles. The van der Waals surface area contributed by atoms with Gasteiger partial charge in [0.1, 0.15) is 0 Å². The van der Waals surface area contributed by atoms with Gasteiger partial charge in [0.25, 0.3) is 0 Å². The maximum atomic E-state index is 9.55. The second-order valence-corrected chi connectivity index (χ2v) is 6.55. The first-order valence-electron chi connectivity index (χ1n) is 6.46. The van der Waals surface area contributed by atoms with Gasteiger partial charge in [-0.2, -0.15) is 11.8 Å². The van der Waals surface area contributed by atoms with E-state index >= 15 is 0 Å². The number of hydrogen-bond donors (Lipinski definition) is 1. The Morgan fingerprint density at radius 1 is 1.56 bits per heavy atom. The molecular weight excluding hydrogens is 266 g/mol. The maximum Gasteiger partial charge on any atom is 0.0762 e. The van der Waals surface area contributed by atoms with Crippen molar-refractivity contribution in [2.24, 2.45) is 0 Å². The molecule has 100 valence electrons. The van der Waals surface area contributed by atoms with Crippen molar-refractivity contribution in [2.45, 2.75) is 31.6 Å². The Morgan fingerprint density at radius 3 is 2.94 bits per heavy atom. The Bertz CT molecular complexity index is 411. The van der Waals surface area contributed by atoms with Crippen molar-refractivity contribution < 1.29 is 5.11 Å². The van der Waals surface area contributed by atoms with Gasteiger partial charge in [-0.05, 0) is 31.0 Å². The predicted molar refractivity (Wildman–Crippen MR) is 80.8 cm³/mol. The van der Waals surface area contributed by atoms with E-state index in [0.717, 1.165) is 35.1 Å². The van der Waals surface area contributed by atoms with Crippen molar-refractivity contribution >= 4 is 29.1 Å². The van der Waals surface area contributed by atoms with Gasteiger partial charge in [-0.15, -0.1) is 0 Å². The van der Waals surface area contributed by atoms with Crippen LogP contribution in [0.25, 0.3) is 0 Å². The first-order chi connectivity index (χ1) is 8.61. The van der Waals surface area contributed by atoms with Crippen molar-refractivity contribution in [1.82, 2.24) is 0 Å². The number of thioether (sulfide) groups is 1. The van der Waals surface area contributed by atoms with Gasteiger partial charge in [-0.1, -0.05) is 24.6 Å². The smallest absolute Gasteiger partial charge is 0.0762 e. The van der Waals surface area contributed by atoms with Gasteiger partial charge in [0, 0.05) is 24.1 Å². The highest BCUT2D eigenvalue weighted by atomic mass is 35.5. The van der Waals surface area contributed by atoms with Gasteiger partial charge < -0.3 is 10.0 Å². The fourth-order valence-corrected chi connectivity index (χ4v) is 3.71. The SMILES string of the molecule is CCC1CN(c2ccc([C@@H](C)O)cc2Cl)CCS1. The summed E-state index contributed by atoms with van der Waals surface area (Å²) in [6.45, 7) is 6.11. The van der Waals surface area contributed by atoms with Gasteiger partial charge >= 0.3 is 0 Å². The largest absolute Gasteiger partial charge is 0.389 e. The third-order valence-corrected chi connectivity index (χ3v) is 5.06. The number of hydrogen-bond acceptors (Lipinski definition) is 3. The van der Waals surface area contributed by atoms with Crippen molar-refractivity contribution in [3.63, 3.8) is 0 Å². The highest BCUT2D eigenvalue weighted by Gasteiger charge is 2.21. The normalized spacial score (nSPS) is 22.0. The van der Waals surface area contributed by atoms with E-state index in [0.29, 0.717) is 5.25 Å². The molecule has 1 aromatic carbocycles. The number of aliphatic hydroxyl groups excluding tert-OH is 1. The highest BCUT2D eigenvalue weighted by molar-refractivity contribution is 8.00. The first kappa shape index (κ1) is 14.0. The van der Waals surface area contributed by atoms with Crippen molar-refractivity contribution in [1.29, 1.82) is 0 Å². The molecule has 0 aromatic heterocycles. The van der Waals surface area contributed by atoms with Gasteiger partial charge in [-0.25, -0.2) is 0 Å². The van der Waals surface area contributed by atoms with E-state index in [4.69, 9.17) is 11.6 Å². The molecule has 1 unspecified atom stereocenters. The second-order valence-electron chi connectivity index (χ2n) is 4.73. The van der Waals surface area contributed by atoms with E-state index in [1.165, 1.54) is 6.42 Å². The zero-order valence-electron chi connectivity index (χ0n) is 10.9. The average Bonchev–Trinajstić information content (AvgIpc) is 2.38. The third kappa shape index (κ3) is 3.14. The van der Waals surface area contributed by atoms with Crippen molar-refractivity contribution in [3.8, 4) is 0 Å². The van der Waals surface area contributed by atoms with E-state index in [1.807, 2.05) is 18.2 Å². The van der Waals surface area contributed by atoms with Crippen LogP contribution in [0, 0.1) is 0 Å². The lowest BCUT2D eigenvalue weighted by Crippen LogP contribution is -2.37. The molecule has 1 saturated heterocycles. The lowest BCUT2D eigenvalue weighted by molar-refractivity contribution is 0.199. The summed E-state index contributed by atoms with van der Waals surface area (Å²) in [5, 5.41) is 11.0. The van der Waals surface area contributed by atoms with Crippen molar-refractivity contribution in [2.75, 3.05) is 23.7 Å². The molecule has 2 nitrogen and oxygen atoms in total. The maximum absolute atomic E-state index is 9.55. The summed E-state index contributed by atoms with van der Waals surface area (Å²) in [7, 11) is 0. The van der Waals surface area contributed by atoms with Crippen LogP contribution in [0.1, 0.15) is 31.9 Å². The lowest BCUT2D eigenvalue weighted by Gasteiger charge is -2.34. The summed E-state index contributed by atoms with van der Waals surface area (Å²) >= 11 is 8.39. The summed E-state index contributed by atoms with van der Waals surface area (Å²) in [6, 6.07) is 5.88. The number of nitrogens with zero attached hydrogens (tertiary/aromatic N) is 1. The third-order valence-electron chi connectivity index (χ3n) is 3.39. The molecule has 1 heterocycles. The Hall–Kier alpha value is -0.380. The molecule has 18 heavy (non-hydrogen) atoms. The van der Waals surface area contributed by atoms with Crippen LogP contribution in [0.3, 0.4) is 0 Å². The van der Waals surface area contributed by atoms with Gasteiger partial charge in [-0.3, -0.25) is 0 Å². The summed E-state index contributed by atoms with van der Waals surface area (Å²) in [4.78, 5) is 2.36. The number of halogens is 1. The first-order valence-corrected chi connectivity index (χ1v) is 7.88. The molecule has 0 aliphatic carbocycles. The lowest BCUT2D eigenvalue weighted by atomic mass is 10.1. The molecule has 0 saturated carbocycles. The van der Waals surface area contributed by atoms with E-state index in [-0.39, 0.29) is 0 Å². The molecule has 4 heteroatoms. The topological polar surface area (TPSA) is 23.5 Å². The summed E-state index contributed by atoms with van der Waals surface area (Å²) in [6.07, 6.45) is 0.738. The van der Waals surface area contributed by atoms with E-state index in [2.05, 4.69) is 23.6 Å². The Morgan fingerprint density at radius 2 is 2.33 bits per heavy atom. The number of anilines is 1. The molecule has 0 radical (unpaired) electrons. The van der Waals surface area contributed by atoms with Gasteiger partial charge in [0.2, 0.25) is 0 Å². The molecule has 1 fully saturated rings. The van der Waals surface area contributed by atoms with Crippen molar-refractivity contribution in [3.05, 3.63) is 28.8 Å². The summed E-state index contributed by atoms with van der Waals surface area (Å²) in [5.41, 5.74) is 1.97. The molecule has 2 rings (SSSR count). The number of benzene rings is 1. The molecule has 1 N–H and O–H groups in total. The molecule has 2 atom stereocenters. The zero-order chi connectivity index (χ0) is 13.1. The predicted octanol–water partition coefficient (Wildman–Crippen LogP) is 3.73. The van der Waals surface area contributed by atoms with Gasteiger partial charge in [0.15, 0.2) is 0 Å². The molecule has 0 amide bonds. The van der Waals surface area contributed by atoms with Crippen LogP contribution in [0.15, 0.2) is 18.2 Å². The molecule has 0 bridgehead atoms. The Kier molecular flexibility index (Phi) is 4.82. The van der Waals surface area contributed by atoms with Gasteiger partial charge in [0.05, 0.1) is 16.8 Å². The standard InChI is InChI=1S/C14H20ClNOS/c1-3-12-9-16(6-7-18-12)14-5-4-11(10(2)17)8-13(14)15/h4-5,8,10,12,17H,3,6-7,9H2,1-2H3/t10-,12?/m1/s1. The highest BCUT2D eigenvalue weighted by Crippen LogP contribution is 2.32. The minimum absolute atomic E-state index is 0.461. The zero-order valence-corrected chi connectivity index (χ0v) is 12.5. The molecule has 1 aliphatic rings. The van der Waals surface area contributed by atoms with Crippen LogP contribution >= 0.6 is 23.4 Å². The average molecular weight is 286 g/mol. The number of rotatable bonds is 3. The molecule has 0 spiro atoms. The van der Waals surface area contributed by atoms with Crippen LogP contribution in [0.4, 0.5) is 5.69 Å². The molecular formula is C14H20ClNOS. The van der Waals surface area contributed by atoms with Crippen LogP contribution < -0.4 is 4.90 Å². The Labute approximate surface area is 118 Å². The van der Waals surface area contributed by atoms with Crippen LogP contribution in [0.2, 0.25) is 5.02 Å². The quantitative estimate of drug-likeness (QED) is 0.915. The fraction of sp³-hybridized carbons (Fsp3) is 0.571. The van der Waals surface area contributed by atoms with Crippen LogP contribution in [0.5, 0.6) is 0 Å². The monoisotopic (exact) mass is 285 g/mol. The van der Waals surface area contributed by atoms with Crippen LogP contribution in [-0.4, -0.2) is 29.2 Å². The summed E-state index contributed by atoms with van der Waals surface area (Å²) in [5.74, 6) is 1.16. The fourth-order valence-electron chi connectivity index (χ4n) is 2.22. The summed E-state index contributed by atoms with van der Waals surface area (Å²) < 4.78 is 0. The minimum Gasteiger partial charge on any atom is -0.389 e. The number of aliphatic hydroxyl groups is 1. The van der Waals surface area contributed by atoms with E-state index in [9.17, 15) is 5.11 Å². The Balaban J connectivity index is 2.17. The molecule has 1 aromatic rings. The van der Waals surface area contributed by atoms with Crippen LogP contribution in [-0.2, 0) is 0 Å². The van der Waals surface area contributed by atoms with E-state index < -0.39 is 6.10 Å². The minimum atomic E-state index is -0.461. The second kappa shape index (κ2) is 6.18.